The predicted molar refractivity (Wildman–Crippen MR) is 244 cm³/mol. The fourth-order valence-corrected chi connectivity index (χ4v) is 14.6. The summed E-state index contributed by atoms with van der Waals surface area (Å²) >= 11 is 6.75. The Morgan fingerprint density at radius 1 is 0.763 bits per heavy atom. The van der Waals surface area contributed by atoms with Crippen molar-refractivity contribution in [2.45, 2.75) is 55.2 Å². The van der Waals surface area contributed by atoms with Gasteiger partial charge in [-0.05, 0) is 75.7 Å². The number of allylic oxidation sites excluding steroid dienone is 1. The maximum Gasteiger partial charge on any atom is 0.349 e. The average molecular weight is 847 g/mol. The number of cyclic esters (lactones) is 1. The van der Waals surface area contributed by atoms with Crippen molar-refractivity contribution < 1.29 is 19.1 Å². The molecule has 4 aliphatic rings. The molecule has 1 unspecified atom stereocenters. The lowest BCUT2D eigenvalue weighted by Gasteiger charge is -2.42. The molecule has 0 amide bonds. The monoisotopic (exact) mass is 846 g/mol. The van der Waals surface area contributed by atoms with Gasteiger partial charge in [-0.15, -0.1) is 45.8 Å². The van der Waals surface area contributed by atoms with Crippen LogP contribution in [0.4, 0.5) is 26.4 Å². The summed E-state index contributed by atoms with van der Waals surface area (Å²) in [5, 5.41) is 4.55. The van der Waals surface area contributed by atoms with E-state index in [-0.39, 0.29) is 33.3 Å². The molecule has 0 bridgehead atoms. The number of anilines is 5. The van der Waals surface area contributed by atoms with Gasteiger partial charge in [-0.2, -0.15) is 0 Å². The van der Waals surface area contributed by atoms with Crippen molar-refractivity contribution >= 4 is 106 Å². The second-order valence-corrected chi connectivity index (χ2v) is 20.7. The van der Waals surface area contributed by atoms with E-state index in [1.165, 1.54) is 48.7 Å². The van der Waals surface area contributed by atoms with Gasteiger partial charge in [0.2, 0.25) is 0 Å². The second kappa shape index (κ2) is 13.3. The summed E-state index contributed by atoms with van der Waals surface area (Å²) in [4.78, 5) is 35.2. The number of ether oxygens (including phenoxy) is 2. The van der Waals surface area contributed by atoms with E-state index in [0.29, 0.717) is 10.5 Å². The van der Waals surface area contributed by atoms with Crippen molar-refractivity contribution in [3.8, 4) is 0 Å². The summed E-state index contributed by atoms with van der Waals surface area (Å²) in [6, 6.07) is 40.7. The van der Waals surface area contributed by atoms with E-state index in [1.807, 2.05) is 11.8 Å². The van der Waals surface area contributed by atoms with Crippen molar-refractivity contribution in [1.82, 2.24) is 0 Å². The minimum atomic E-state index is -0.528. The van der Waals surface area contributed by atoms with E-state index in [4.69, 9.17) is 9.47 Å². The normalized spacial score (nSPS) is 19.2. The number of carbonyl (C=O) groups excluding carboxylic acids is 2. The lowest BCUT2D eigenvalue weighted by atomic mass is 9.75. The minimum absolute atomic E-state index is 0.144. The number of para-hydroxylation sites is 2. The third-order valence-electron chi connectivity index (χ3n) is 12.3. The number of esters is 1. The van der Waals surface area contributed by atoms with Gasteiger partial charge in [0.1, 0.15) is 20.6 Å². The number of thiophene rings is 3. The van der Waals surface area contributed by atoms with Crippen molar-refractivity contribution in [2.75, 3.05) is 16.9 Å². The number of hydrogen-bond donors (Lipinski definition) is 0. The molecular formula is C49H38N2O4S4. The number of methoxy groups -OCH3 is 1. The Morgan fingerprint density at radius 3 is 2.19 bits per heavy atom. The molecule has 292 valence electrons. The first-order valence-corrected chi connectivity index (χ1v) is 22.9. The zero-order valence-electron chi connectivity index (χ0n) is 33.0. The largest absolute Gasteiger partial charge is 0.492 e. The van der Waals surface area contributed by atoms with Gasteiger partial charge in [0, 0.05) is 42.3 Å². The van der Waals surface area contributed by atoms with Gasteiger partial charge in [-0.25, -0.2) is 4.79 Å². The summed E-state index contributed by atoms with van der Waals surface area (Å²) in [6.45, 7) is 8.97. The van der Waals surface area contributed by atoms with Gasteiger partial charge >= 0.3 is 5.97 Å². The lowest BCUT2D eigenvalue weighted by Crippen LogP contribution is -2.36. The molecule has 1 atom stereocenters. The number of hydrogen-bond acceptors (Lipinski definition) is 10. The SMILES string of the molecule is COC1=C(c2cc3c(s2)N(C2Cc4ccccc4S2)c2ccccc2C3(C)C)C(=O)O/C1=C(/C=O)c1cc2c(s1)N(c1cc3ccccc3s1)c1ccccc1C2(C)C. The highest BCUT2D eigenvalue weighted by molar-refractivity contribution is 8.00. The predicted octanol–water partition coefficient (Wildman–Crippen LogP) is 13.1. The summed E-state index contributed by atoms with van der Waals surface area (Å²) in [7, 11) is 1.55. The number of fused-ring (bicyclic) bond motifs is 6. The first-order chi connectivity index (χ1) is 28.6. The molecule has 11 rings (SSSR count). The first kappa shape index (κ1) is 36.7. The highest BCUT2D eigenvalue weighted by atomic mass is 32.2. The van der Waals surface area contributed by atoms with Crippen LogP contribution in [0, 0.1) is 0 Å². The summed E-state index contributed by atoms with van der Waals surface area (Å²) in [6.07, 6.45) is 1.71. The Balaban J connectivity index is 1.05. The molecule has 4 aliphatic heterocycles. The van der Waals surface area contributed by atoms with Gasteiger partial charge in [-0.3, -0.25) is 9.69 Å². The van der Waals surface area contributed by atoms with Crippen LogP contribution >= 0.6 is 45.8 Å². The maximum absolute atomic E-state index is 14.2. The third-order valence-corrected chi connectivity index (χ3v) is 17.0. The molecule has 7 aromatic rings. The number of thioether (sulfide) groups is 1. The topological polar surface area (TPSA) is 59.1 Å². The molecule has 6 nitrogen and oxygen atoms in total. The molecule has 0 fully saturated rings. The van der Waals surface area contributed by atoms with Crippen molar-refractivity contribution in [3.63, 3.8) is 0 Å². The van der Waals surface area contributed by atoms with Crippen LogP contribution in [0.1, 0.15) is 65.3 Å². The molecular weight excluding hydrogens is 809 g/mol. The summed E-state index contributed by atoms with van der Waals surface area (Å²) in [5.41, 5.74) is 8.24. The molecule has 0 saturated carbocycles. The zero-order valence-corrected chi connectivity index (χ0v) is 36.3. The molecule has 4 aromatic carbocycles. The van der Waals surface area contributed by atoms with E-state index in [0.717, 1.165) is 49.4 Å². The standard InChI is InChI=1S/C49H38N2O4S4/c1-48(2)30-16-8-10-18-34(30)50(40-22-27-14-6-12-20-36(27)56-40)45-32(48)24-38(58-45)29(26-52)43-44(54-5)42(47(53)55-43)39-25-33-46(59-39)51(35-19-11-9-17-31(35)49(33,3)4)41-23-28-15-7-13-21-37(28)57-41/h6-22,24-26,41H,23H2,1-5H3/b43-29-. The zero-order chi connectivity index (χ0) is 40.4. The fraction of sp³-hybridized carbons (Fsp3) is 0.184. The van der Waals surface area contributed by atoms with E-state index >= 15 is 0 Å². The van der Waals surface area contributed by atoms with Crippen LogP contribution in [0.3, 0.4) is 0 Å². The summed E-state index contributed by atoms with van der Waals surface area (Å²) < 4.78 is 13.5. The van der Waals surface area contributed by atoms with Crippen LogP contribution < -0.4 is 9.80 Å². The molecule has 0 radical (unpaired) electrons. The Kier molecular flexibility index (Phi) is 8.27. The number of aldehydes is 1. The van der Waals surface area contributed by atoms with E-state index < -0.39 is 5.97 Å². The van der Waals surface area contributed by atoms with E-state index in [9.17, 15) is 9.59 Å². The van der Waals surface area contributed by atoms with Gasteiger partial charge in [-0.1, -0.05) is 100 Å². The quantitative estimate of drug-likeness (QED) is 0.0938. The van der Waals surface area contributed by atoms with Crippen LogP contribution in [-0.4, -0.2) is 24.7 Å². The number of benzene rings is 4. The maximum atomic E-state index is 14.2. The van der Waals surface area contributed by atoms with E-state index in [2.05, 4.69) is 153 Å². The van der Waals surface area contributed by atoms with Gasteiger partial charge in [0.15, 0.2) is 17.8 Å². The van der Waals surface area contributed by atoms with Crippen LogP contribution in [0.15, 0.2) is 132 Å². The fourth-order valence-electron chi connectivity index (χ4n) is 9.27. The van der Waals surface area contributed by atoms with Crippen LogP contribution in [0.5, 0.6) is 0 Å². The highest BCUT2D eigenvalue weighted by Crippen LogP contribution is 2.59. The Hall–Kier alpha value is -5.39. The second-order valence-electron chi connectivity index (χ2n) is 16.3. The molecule has 59 heavy (non-hydrogen) atoms. The number of carbonyl (C=O) groups is 2. The van der Waals surface area contributed by atoms with Gasteiger partial charge in [0.05, 0.1) is 23.7 Å². The molecule has 0 N–H and O–H groups in total. The molecule has 0 aliphatic carbocycles. The minimum Gasteiger partial charge on any atom is -0.492 e. The van der Waals surface area contributed by atoms with Gasteiger partial charge in [0.25, 0.3) is 0 Å². The smallest absolute Gasteiger partial charge is 0.349 e. The highest BCUT2D eigenvalue weighted by Gasteiger charge is 2.45. The molecule has 0 saturated heterocycles. The number of rotatable bonds is 6. The molecule has 10 heteroatoms. The van der Waals surface area contributed by atoms with Gasteiger partial charge < -0.3 is 14.4 Å². The lowest BCUT2D eigenvalue weighted by molar-refractivity contribution is -0.131. The average Bonchev–Trinajstić information content (AvgIpc) is 4.08. The van der Waals surface area contributed by atoms with Crippen LogP contribution in [0.25, 0.3) is 21.2 Å². The van der Waals surface area contributed by atoms with E-state index in [1.54, 1.807) is 29.8 Å². The summed E-state index contributed by atoms with van der Waals surface area (Å²) in [5.74, 6) is -0.104. The Labute approximate surface area is 359 Å². The Morgan fingerprint density at radius 2 is 1.44 bits per heavy atom. The Bertz CT molecular complexity index is 2940. The molecule has 0 spiro atoms. The molecule has 3 aromatic heterocycles. The third kappa shape index (κ3) is 5.36. The van der Waals surface area contributed by atoms with Crippen LogP contribution in [0.2, 0.25) is 0 Å². The number of nitrogens with zero attached hydrogens (tertiary/aromatic N) is 2. The van der Waals surface area contributed by atoms with Crippen LogP contribution in [-0.2, 0) is 36.3 Å². The van der Waals surface area contributed by atoms with Crippen molar-refractivity contribution in [2.24, 2.45) is 0 Å². The molecule has 7 heterocycles. The first-order valence-electron chi connectivity index (χ1n) is 19.6. The van der Waals surface area contributed by atoms with Crippen molar-refractivity contribution in [3.05, 3.63) is 164 Å². The van der Waals surface area contributed by atoms with Crippen molar-refractivity contribution in [1.29, 1.82) is 0 Å².